The second-order valence-corrected chi connectivity index (χ2v) is 6.70. The quantitative estimate of drug-likeness (QED) is 0.373. The van der Waals surface area contributed by atoms with Gasteiger partial charge in [-0.05, 0) is 65.7 Å². The van der Waals surface area contributed by atoms with Gasteiger partial charge in [0.1, 0.15) is 0 Å². The Balaban J connectivity index is 2.11. The third-order valence-electron chi connectivity index (χ3n) is 4.67. The zero-order valence-corrected chi connectivity index (χ0v) is 14.3. The molecule has 1 fully saturated rings. The van der Waals surface area contributed by atoms with Crippen molar-refractivity contribution in [2.75, 3.05) is 11.9 Å². The van der Waals surface area contributed by atoms with Crippen LogP contribution in [0.15, 0.2) is 27.8 Å². The molecule has 0 aliphatic heterocycles. The lowest BCUT2D eigenvalue weighted by Crippen LogP contribution is -2.35. The van der Waals surface area contributed by atoms with Crippen LogP contribution in [0, 0.1) is 5.92 Å². The van der Waals surface area contributed by atoms with Gasteiger partial charge in [0.25, 0.3) is 0 Å². The molecular formula is C16H24BrN3O. The first-order valence-electron chi connectivity index (χ1n) is 7.57. The first-order chi connectivity index (χ1) is 10.1. The summed E-state index contributed by atoms with van der Waals surface area (Å²) in [5, 5.41) is 11.8. The third-order valence-corrected chi connectivity index (χ3v) is 5.31. The van der Waals surface area contributed by atoms with E-state index in [0.29, 0.717) is 6.04 Å². The van der Waals surface area contributed by atoms with Gasteiger partial charge in [-0.1, -0.05) is 18.5 Å². The summed E-state index contributed by atoms with van der Waals surface area (Å²) in [6, 6.07) is 6.42. The minimum absolute atomic E-state index is 0.133. The molecule has 0 saturated heterocycles. The summed E-state index contributed by atoms with van der Waals surface area (Å²) >= 11 is 3.60. The SMILES string of the molecule is CCC1CCC(N(C)c2ccc(/C(N)=N/O)cc2Br)CC1. The number of amidine groups is 1. The highest BCUT2D eigenvalue weighted by molar-refractivity contribution is 9.10. The number of oxime groups is 1. The van der Waals surface area contributed by atoms with E-state index in [2.05, 4.69) is 40.0 Å². The normalized spacial score (nSPS) is 23.1. The molecule has 2 rings (SSSR count). The molecule has 1 aromatic carbocycles. The molecule has 0 spiro atoms. The van der Waals surface area contributed by atoms with Crippen molar-refractivity contribution < 1.29 is 5.21 Å². The second-order valence-electron chi connectivity index (χ2n) is 5.85. The van der Waals surface area contributed by atoms with Gasteiger partial charge in [-0.3, -0.25) is 0 Å². The molecular weight excluding hydrogens is 330 g/mol. The lowest BCUT2D eigenvalue weighted by molar-refractivity contribution is 0.313. The third kappa shape index (κ3) is 3.70. The molecule has 1 aliphatic rings. The Morgan fingerprint density at radius 1 is 1.38 bits per heavy atom. The molecule has 5 heteroatoms. The molecule has 1 saturated carbocycles. The van der Waals surface area contributed by atoms with Crippen molar-refractivity contribution in [3.05, 3.63) is 28.2 Å². The number of anilines is 1. The van der Waals surface area contributed by atoms with Gasteiger partial charge in [0.2, 0.25) is 0 Å². The van der Waals surface area contributed by atoms with E-state index < -0.39 is 0 Å². The van der Waals surface area contributed by atoms with E-state index in [9.17, 15) is 0 Å². The summed E-state index contributed by atoms with van der Waals surface area (Å²) < 4.78 is 0.978. The van der Waals surface area contributed by atoms with Crippen LogP contribution < -0.4 is 10.6 Å². The van der Waals surface area contributed by atoms with E-state index in [1.165, 1.54) is 32.1 Å². The van der Waals surface area contributed by atoms with E-state index in [0.717, 1.165) is 21.6 Å². The van der Waals surface area contributed by atoms with E-state index in [1.807, 2.05) is 18.2 Å². The van der Waals surface area contributed by atoms with Gasteiger partial charge in [-0.15, -0.1) is 0 Å². The van der Waals surface area contributed by atoms with Gasteiger partial charge in [-0.2, -0.15) is 0 Å². The molecule has 0 amide bonds. The van der Waals surface area contributed by atoms with Gasteiger partial charge >= 0.3 is 0 Å². The van der Waals surface area contributed by atoms with Crippen LogP contribution >= 0.6 is 15.9 Å². The summed E-state index contributed by atoms with van der Waals surface area (Å²) in [6.45, 7) is 2.29. The Kier molecular flexibility index (Phi) is 5.51. The summed E-state index contributed by atoms with van der Waals surface area (Å²) in [6.07, 6.45) is 6.46. The van der Waals surface area contributed by atoms with E-state index in [1.54, 1.807) is 0 Å². The predicted molar refractivity (Wildman–Crippen MR) is 91.1 cm³/mol. The van der Waals surface area contributed by atoms with Gasteiger partial charge in [-0.25, -0.2) is 0 Å². The number of hydrogen-bond acceptors (Lipinski definition) is 3. The summed E-state index contributed by atoms with van der Waals surface area (Å²) in [5.41, 5.74) is 7.50. The fraction of sp³-hybridized carbons (Fsp3) is 0.562. The molecule has 21 heavy (non-hydrogen) atoms. The van der Waals surface area contributed by atoms with Crippen LogP contribution in [0.1, 0.15) is 44.6 Å². The lowest BCUT2D eigenvalue weighted by atomic mass is 9.84. The average molecular weight is 354 g/mol. The molecule has 3 N–H and O–H groups in total. The van der Waals surface area contributed by atoms with Crippen molar-refractivity contribution in [2.24, 2.45) is 16.8 Å². The first kappa shape index (κ1) is 16.1. The number of benzene rings is 1. The topological polar surface area (TPSA) is 61.8 Å². The first-order valence-corrected chi connectivity index (χ1v) is 8.36. The highest BCUT2D eigenvalue weighted by Crippen LogP contribution is 2.34. The average Bonchev–Trinajstić information content (AvgIpc) is 2.53. The lowest BCUT2D eigenvalue weighted by Gasteiger charge is -2.36. The van der Waals surface area contributed by atoms with Gasteiger partial charge < -0.3 is 15.8 Å². The standard InChI is InChI=1S/C16H24BrN3O/c1-3-11-4-7-13(8-5-11)20(2)15-9-6-12(10-14(15)17)16(18)19-21/h6,9-11,13,21H,3-5,7-8H2,1-2H3,(H2,18,19). The van der Waals surface area contributed by atoms with Crippen molar-refractivity contribution in [3.63, 3.8) is 0 Å². The fourth-order valence-corrected chi connectivity index (χ4v) is 3.81. The molecule has 0 aromatic heterocycles. The monoisotopic (exact) mass is 353 g/mol. The van der Waals surface area contributed by atoms with Crippen LogP contribution in [0.5, 0.6) is 0 Å². The zero-order valence-electron chi connectivity index (χ0n) is 12.7. The Hall–Kier alpha value is -1.23. The second kappa shape index (κ2) is 7.16. The number of halogens is 1. The maximum Gasteiger partial charge on any atom is 0.170 e. The van der Waals surface area contributed by atoms with Crippen LogP contribution in [-0.2, 0) is 0 Å². The van der Waals surface area contributed by atoms with Crippen LogP contribution in [0.4, 0.5) is 5.69 Å². The molecule has 0 radical (unpaired) electrons. The Morgan fingerprint density at radius 2 is 2.05 bits per heavy atom. The number of rotatable bonds is 4. The minimum atomic E-state index is 0.133. The summed E-state index contributed by atoms with van der Waals surface area (Å²) in [7, 11) is 2.15. The van der Waals surface area contributed by atoms with Crippen LogP contribution in [-0.4, -0.2) is 24.1 Å². The smallest absolute Gasteiger partial charge is 0.170 e. The zero-order chi connectivity index (χ0) is 15.4. The van der Waals surface area contributed by atoms with Crippen molar-refractivity contribution in [1.82, 2.24) is 0 Å². The van der Waals surface area contributed by atoms with Crippen LogP contribution in [0.2, 0.25) is 0 Å². The molecule has 1 aliphatic carbocycles. The van der Waals surface area contributed by atoms with Crippen molar-refractivity contribution in [1.29, 1.82) is 0 Å². The summed E-state index contributed by atoms with van der Waals surface area (Å²) in [4.78, 5) is 2.35. The molecule has 0 atom stereocenters. The largest absolute Gasteiger partial charge is 0.409 e. The maximum atomic E-state index is 8.75. The molecule has 4 nitrogen and oxygen atoms in total. The summed E-state index contributed by atoms with van der Waals surface area (Å²) in [5.74, 6) is 1.04. The highest BCUT2D eigenvalue weighted by atomic mass is 79.9. The molecule has 0 heterocycles. The predicted octanol–water partition coefficient (Wildman–Crippen LogP) is 3.95. The maximum absolute atomic E-state index is 8.75. The molecule has 0 unspecified atom stereocenters. The van der Waals surface area contributed by atoms with Gasteiger partial charge in [0.15, 0.2) is 5.84 Å². The number of hydrogen-bond donors (Lipinski definition) is 2. The van der Waals surface area contributed by atoms with Gasteiger partial charge in [0.05, 0.1) is 5.69 Å². The Morgan fingerprint density at radius 3 is 2.57 bits per heavy atom. The molecule has 1 aromatic rings. The Bertz CT molecular complexity index is 510. The fourth-order valence-electron chi connectivity index (χ4n) is 3.15. The van der Waals surface area contributed by atoms with Crippen molar-refractivity contribution in [3.8, 4) is 0 Å². The van der Waals surface area contributed by atoms with E-state index in [-0.39, 0.29) is 5.84 Å². The molecule has 116 valence electrons. The Labute approximate surface area is 135 Å². The van der Waals surface area contributed by atoms with Crippen LogP contribution in [0.3, 0.4) is 0 Å². The van der Waals surface area contributed by atoms with E-state index in [4.69, 9.17) is 10.9 Å². The van der Waals surface area contributed by atoms with Crippen LogP contribution in [0.25, 0.3) is 0 Å². The van der Waals surface area contributed by atoms with Crippen molar-refractivity contribution >= 4 is 27.5 Å². The van der Waals surface area contributed by atoms with Gasteiger partial charge in [0, 0.05) is 23.1 Å². The van der Waals surface area contributed by atoms with Crippen molar-refractivity contribution in [2.45, 2.75) is 45.1 Å². The minimum Gasteiger partial charge on any atom is -0.409 e. The highest BCUT2D eigenvalue weighted by Gasteiger charge is 2.24. The van der Waals surface area contributed by atoms with E-state index >= 15 is 0 Å². The number of nitrogens with zero attached hydrogens (tertiary/aromatic N) is 2. The number of nitrogens with two attached hydrogens (primary N) is 1. The molecule has 0 bridgehead atoms.